The van der Waals surface area contributed by atoms with Crippen molar-refractivity contribution in [1.29, 1.82) is 0 Å². The maximum absolute atomic E-state index is 11.0. The van der Waals surface area contributed by atoms with E-state index in [1.165, 1.54) is 0 Å². The van der Waals surface area contributed by atoms with E-state index in [1.54, 1.807) is 6.92 Å². The summed E-state index contributed by atoms with van der Waals surface area (Å²) < 4.78 is 0. The monoisotopic (exact) mass is 182 g/mol. The first-order chi connectivity index (χ1) is 5.65. The van der Waals surface area contributed by atoms with Crippen molar-refractivity contribution in [3.05, 3.63) is 34.9 Å². The van der Waals surface area contributed by atoms with Crippen molar-refractivity contribution in [2.45, 2.75) is 19.7 Å². The quantitative estimate of drug-likeness (QED) is 0.508. The van der Waals surface area contributed by atoms with E-state index in [0.29, 0.717) is 5.88 Å². The number of benzene rings is 1. The Bertz CT molecular complexity index is 305. The summed E-state index contributed by atoms with van der Waals surface area (Å²) in [4.78, 5) is 11.0. The van der Waals surface area contributed by atoms with E-state index in [1.807, 2.05) is 25.1 Å². The van der Waals surface area contributed by atoms with Crippen LogP contribution in [-0.4, -0.2) is 5.78 Å². The number of alkyl halides is 1. The molecule has 2 heteroatoms. The highest BCUT2D eigenvalue weighted by atomic mass is 35.5. The molecule has 0 heterocycles. The second-order valence-corrected chi connectivity index (χ2v) is 3.10. The first kappa shape index (κ1) is 9.27. The van der Waals surface area contributed by atoms with Crippen molar-refractivity contribution in [1.82, 2.24) is 0 Å². The molecule has 0 amide bonds. The molecule has 0 unspecified atom stereocenters. The summed E-state index contributed by atoms with van der Waals surface area (Å²) in [6.45, 7) is 3.53. The minimum absolute atomic E-state index is 0.0965. The number of hydrogen-bond donors (Lipinski definition) is 0. The third-order valence-corrected chi connectivity index (χ3v) is 2.18. The molecule has 12 heavy (non-hydrogen) atoms. The lowest BCUT2D eigenvalue weighted by Gasteiger charge is -2.02. The van der Waals surface area contributed by atoms with E-state index >= 15 is 0 Å². The molecule has 64 valence electrons. The van der Waals surface area contributed by atoms with Crippen LogP contribution < -0.4 is 0 Å². The summed E-state index contributed by atoms with van der Waals surface area (Å²) in [7, 11) is 0. The standard InChI is InChI=1S/C10H11ClO/c1-7-5-9(8(2)12)3-4-10(7)6-11/h3-5H,6H2,1-2H3. The molecule has 0 aliphatic rings. The molecule has 1 aromatic carbocycles. The van der Waals surface area contributed by atoms with Crippen molar-refractivity contribution in [3.63, 3.8) is 0 Å². The van der Waals surface area contributed by atoms with Crippen LogP contribution in [-0.2, 0) is 5.88 Å². The van der Waals surface area contributed by atoms with Crippen LogP contribution in [0.1, 0.15) is 28.4 Å². The van der Waals surface area contributed by atoms with Gasteiger partial charge in [-0.25, -0.2) is 0 Å². The molecule has 1 nitrogen and oxygen atoms in total. The lowest BCUT2D eigenvalue weighted by atomic mass is 10.0. The molecule has 0 saturated carbocycles. The Balaban J connectivity index is 3.10. The topological polar surface area (TPSA) is 17.1 Å². The predicted molar refractivity (Wildman–Crippen MR) is 50.7 cm³/mol. The summed E-state index contributed by atoms with van der Waals surface area (Å²) in [5, 5.41) is 0. The SMILES string of the molecule is CC(=O)c1ccc(CCl)c(C)c1. The number of aryl methyl sites for hydroxylation is 1. The number of halogens is 1. The Labute approximate surface area is 77.4 Å². The van der Waals surface area contributed by atoms with E-state index in [9.17, 15) is 4.79 Å². The van der Waals surface area contributed by atoms with Crippen LogP contribution in [0.15, 0.2) is 18.2 Å². The first-order valence-electron chi connectivity index (χ1n) is 3.81. The maximum Gasteiger partial charge on any atom is 0.159 e. The molecule has 0 aromatic heterocycles. The van der Waals surface area contributed by atoms with Gasteiger partial charge in [-0.15, -0.1) is 11.6 Å². The number of rotatable bonds is 2. The van der Waals surface area contributed by atoms with Gasteiger partial charge in [-0.1, -0.05) is 12.1 Å². The molecule has 0 atom stereocenters. The van der Waals surface area contributed by atoms with Crippen LogP contribution in [0.2, 0.25) is 0 Å². The molecule has 0 aliphatic heterocycles. The third kappa shape index (κ3) is 1.86. The Morgan fingerprint density at radius 1 is 1.50 bits per heavy atom. The number of carbonyl (C=O) groups excluding carboxylic acids is 1. The highest BCUT2D eigenvalue weighted by Gasteiger charge is 2.01. The van der Waals surface area contributed by atoms with Crippen molar-refractivity contribution in [2.24, 2.45) is 0 Å². The van der Waals surface area contributed by atoms with Crippen LogP contribution in [0.4, 0.5) is 0 Å². The molecular formula is C10H11ClO. The van der Waals surface area contributed by atoms with Crippen molar-refractivity contribution >= 4 is 17.4 Å². The molecule has 1 aromatic rings. The molecule has 0 bridgehead atoms. The van der Waals surface area contributed by atoms with Gasteiger partial charge < -0.3 is 0 Å². The molecule has 0 aliphatic carbocycles. The molecule has 0 radical (unpaired) electrons. The van der Waals surface area contributed by atoms with Crippen molar-refractivity contribution in [2.75, 3.05) is 0 Å². The van der Waals surface area contributed by atoms with Gasteiger partial charge in [0.2, 0.25) is 0 Å². The van der Waals surface area contributed by atoms with Gasteiger partial charge in [-0.2, -0.15) is 0 Å². The van der Waals surface area contributed by atoms with Crippen LogP contribution in [0, 0.1) is 6.92 Å². The fraction of sp³-hybridized carbons (Fsp3) is 0.300. The first-order valence-corrected chi connectivity index (χ1v) is 4.35. The van der Waals surface area contributed by atoms with E-state index in [0.717, 1.165) is 16.7 Å². The van der Waals surface area contributed by atoms with E-state index in [4.69, 9.17) is 11.6 Å². The molecule has 0 fully saturated rings. The zero-order valence-corrected chi connectivity index (χ0v) is 7.98. The van der Waals surface area contributed by atoms with E-state index in [-0.39, 0.29) is 5.78 Å². The fourth-order valence-corrected chi connectivity index (χ4v) is 1.36. The van der Waals surface area contributed by atoms with E-state index < -0.39 is 0 Å². The third-order valence-electron chi connectivity index (χ3n) is 1.89. The Hall–Kier alpha value is -0.820. The summed E-state index contributed by atoms with van der Waals surface area (Å²) in [6.07, 6.45) is 0. The largest absolute Gasteiger partial charge is 0.295 e. The predicted octanol–water partition coefficient (Wildman–Crippen LogP) is 2.94. The lowest BCUT2D eigenvalue weighted by Crippen LogP contribution is -1.94. The van der Waals surface area contributed by atoms with Crippen LogP contribution in [0.3, 0.4) is 0 Å². The zero-order chi connectivity index (χ0) is 9.14. The number of ketones is 1. The fourth-order valence-electron chi connectivity index (χ4n) is 1.06. The second-order valence-electron chi connectivity index (χ2n) is 2.83. The maximum atomic E-state index is 11.0. The lowest BCUT2D eigenvalue weighted by molar-refractivity contribution is 0.101. The number of Topliss-reactive ketones (excluding diaryl/α,β-unsaturated/α-hetero) is 1. The zero-order valence-electron chi connectivity index (χ0n) is 7.23. The van der Waals surface area contributed by atoms with Gasteiger partial charge in [0.1, 0.15) is 0 Å². The van der Waals surface area contributed by atoms with Crippen LogP contribution in [0.25, 0.3) is 0 Å². The van der Waals surface area contributed by atoms with Crippen LogP contribution >= 0.6 is 11.6 Å². The number of hydrogen-bond acceptors (Lipinski definition) is 1. The van der Waals surface area contributed by atoms with Gasteiger partial charge in [-0.05, 0) is 31.0 Å². The van der Waals surface area contributed by atoms with Crippen LogP contribution in [0.5, 0.6) is 0 Å². The van der Waals surface area contributed by atoms with Crippen molar-refractivity contribution < 1.29 is 4.79 Å². The molecule has 0 spiro atoms. The highest BCUT2D eigenvalue weighted by molar-refractivity contribution is 6.17. The average Bonchev–Trinajstić information content (AvgIpc) is 2.04. The molecule has 0 N–H and O–H groups in total. The highest BCUT2D eigenvalue weighted by Crippen LogP contribution is 2.13. The van der Waals surface area contributed by atoms with Gasteiger partial charge in [-0.3, -0.25) is 4.79 Å². The minimum Gasteiger partial charge on any atom is -0.295 e. The summed E-state index contributed by atoms with van der Waals surface area (Å²) >= 11 is 5.68. The molecule has 1 rings (SSSR count). The molecular weight excluding hydrogens is 172 g/mol. The van der Waals surface area contributed by atoms with Gasteiger partial charge >= 0.3 is 0 Å². The summed E-state index contributed by atoms with van der Waals surface area (Å²) in [5.74, 6) is 0.600. The van der Waals surface area contributed by atoms with Gasteiger partial charge in [0.15, 0.2) is 5.78 Å². The minimum atomic E-state index is 0.0965. The van der Waals surface area contributed by atoms with Gasteiger partial charge in [0.05, 0.1) is 0 Å². The normalized spacial score (nSPS) is 9.92. The number of carbonyl (C=O) groups is 1. The van der Waals surface area contributed by atoms with Gasteiger partial charge in [0.25, 0.3) is 0 Å². The Morgan fingerprint density at radius 2 is 2.17 bits per heavy atom. The Morgan fingerprint density at radius 3 is 2.58 bits per heavy atom. The second kappa shape index (κ2) is 3.72. The Kier molecular flexibility index (Phi) is 2.88. The summed E-state index contributed by atoms with van der Waals surface area (Å²) in [6, 6.07) is 5.59. The molecule has 0 saturated heterocycles. The smallest absolute Gasteiger partial charge is 0.159 e. The summed E-state index contributed by atoms with van der Waals surface area (Å²) in [5.41, 5.74) is 2.92. The van der Waals surface area contributed by atoms with E-state index in [2.05, 4.69) is 0 Å². The van der Waals surface area contributed by atoms with Gasteiger partial charge in [0, 0.05) is 11.4 Å². The average molecular weight is 183 g/mol. The van der Waals surface area contributed by atoms with Crippen molar-refractivity contribution in [3.8, 4) is 0 Å².